The van der Waals surface area contributed by atoms with E-state index in [9.17, 15) is 0 Å². The van der Waals surface area contributed by atoms with E-state index in [4.69, 9.17) is 0 Å². The van der Waals surface area contributed by atoms with Crippen LogP contribution in [0, 0.1) is 20.8 Å². The zero-order valence-electron chi connectivity index (χ0n) is 12.2. The number of nitrogens with one attached hydrogen (secondary N) is 1. The first-order valence-corrected chi connectivity index (χ1v) is 6.77. The van der Waals surface area contributed by atoms with Crippen molar-refractivity contribution in [1.29, 1.82) is 0 Å². The van der Waals surface area contributed by atoms with E-state index in [1.165, 1.54) is 16.7 Å². The average Bonchev–Trinajstić information content (AvgIpc) is 2.39. The molecule has 0 amide bonds. The van der Waals surface area contributed by atoms with E-state index < -0.39 is 0 Å². The number of nitrogens with zero attached hydrogens (tertiary/aromatic N) is 1. The molecule has 2 heteroatoms. The molecular weight excluding hydrogens is 232 g/mol. The van der Waals surface area contributed by atoms with Crippen molar-refractivity contribution in [3.05, 3.63) is 64.5 Å². The molecule has 2 rings (SSSR count). The van der Waals surface area contributed by atoms with Crippen LogP contribution in [0.3, 0.4) is 0 Å². The number of hydrogen-bond acceptors (Lipinski definition) is 2. The van der Waals surface area contributed by atoms with E-state index in [0.29, 0.717) is 6.04 Å². The molecule has 100 valence electrons. The smallest absolute Gasteiger partial charge is 0.0423 e. The fourth-order valence-electron chi connectivity index (χ4n) is 2.49. The third kappa shape index (κ3) is 3.21. The number of likely N-dealkylation sites (N-methyl/N-ethyl adjacent to an activating group) is 1. The Morgan fingerprint density at radius 3 is 2.42 bits per heavy atom. The van der Waals surface area contributed by atoms with Crippen molar-refractivity contribution in [2.24, 2.45) is 0 Å². The molecule has 2 aromatic rings. The van der Waals surface area contributed by atoms with Gasteiger partial charge < -0.3 is 5.32 Å². The van der Waals surface area contributed by atoms with Crippen LogP contribution in [0.2, 0.25) is 0 Å². The van der Waals surface area contributed by atoms with Gasteiger partial charge in [-0.2, -0.15) is 0 Å². The molecule has 1 heterocycles. The molecule has 0 aliphatic heterocycles. The van der Waals surface area contributed by atoms with Crippen LogP contribution in [0.25, 0.3) is 0 Å². The molecular formula is C17H22N2. The topological polar surface area (TPSA) is 24.9 Å². The number of hydrogen-bond donors (Lipinski definition) is 1. The van der Waals surface area contributed by atoms with E-state index in [2.05, 4.69) is 60.5 Å². The summed E-state index contributed by atoms with van der Waals surface area (Å²) in [6.07, 6.45) is 0.995. The van der Waals surface area contributed by atoms with Crippen LogP contribution < -0.4 is 5.32 Å². The second kappa shape index (κ2) is 5.98. The summed E-state index contributed by atoms with van der Waals surface area (Å²) in [6, 6.07) is 13.2. The summed E-state index contributed by atoms with van der Waals surface area (Å²) in [7, 11) is 2.02. The highest BCUT2D eigenvalue weighted by atomic mass is 14.9. The highest BCUT2D eigenvalue weighted by Gasteiger charge is 2.14. The lowest BCUT2D eigenvalue weighted by Crippen LogP contribution is -2.20. The summed E-state index contributed by atoms with van der Waals surface area (Å²) in [5.41, 5.74) is 6.22. The Labute approximate surface area is 115 Å². The molecule has 1 atom stereocenters. The van der Waals surface area contributed by atoms with Crippen molar-refractivity contribution < 1.29 is 0 Å². The highest BCUT2D eigenvalue weighted by Crippen LogP contribution is 2.22. The predicted molar refractivity (Wildman–Crippen MR) is 80.4 cm³/mol. The summed E-state index contributed by atoms with van der Waals surface area (Å²) in [5.74, 6) is 0. The SMILES string of the molecule is CNC(Cc1ccccc1C)c1ccc(C)nc1C. The Morgan fingerprint density at radius 1 is 1.05 bits per heavy atom. The monoisotopic (exact) mass is 254 g/mol. The zero-order valence-corrected chi connectivity index (χ0v) is 12.2. The van der Waals surface area contributed by atoms with Gasteiger partial charge in [-0.25, -0.2) is 0 Å². The minimum Gasteiger partial charge on any atom is -0.313 e. The lowest BCUT2D eigenvalue weighted by molar-refractivity contribution is 0.584. The molecule has 0 radical (unpaired) electrons. The van der Waals surface area contributed by atoms with Gasteiger partial charge in [0.1, 0.15) is 0 Å². The molecule has 0 bridgehead atoms. The number of pyridine rings is 1. The van der Waals surface area contributed by atoms with Crippen molar-refractivity contribution in [2.75, 3.05) is 7.05 Å². The van der Waals surface area contributed by atoms with Crippen LogP contribution >= 0.6 is 0 Å². The van der Waals surface area contributed by atoms with Crippen LogP contribution in [0.1, 0.15) is 34.1 Å². The molecule has 19 heavy (non-hydrogen) atoms. The third-order valence-corrected chi connectivity index (χ3v) is 3.68. The summed E-state index contributed by atoms with van der Waals surface area (Å²) in [5, 5.41) is 3.41. The van der Waals surface area contributed by atoms with Gasteiger partial charge in [0.05, 0.1) is 0 Å². The van der Waals surface area contributed by atoms with E-state index in [0.717, 1.165) is 17.8 Å². The Bertz CT molecular complexity index is 561. The zero-order chi connectivity index (χ0) is 13.8. The van der Waals surface area contributed by atoms with Crippen molar-refractivity contribution in [3.63, 3.8) is 0 Å². The highest BCUT2D eigenvalue weighted by molar-refractivity contribution is 5.31. The summed E-state index contributed by atoms with van der Waals surface area (Å²) < 4.78 is 0. The predicted octanol–water partition coefficient (Wildman–Crippen LogP) is 3.51. The maximum atomic E-state index is 4.57. The molecule has 0 aliphatic rings. The van der Waals surface area contributed by atoms with Crippen molar-refractivity contribution in [1.82, 2.24) is 10.3 Å². The maximum absolute atomic E-state index is 4.57. The van der Waals surface area contributed by atoms with Gasteiger partial charge in [0, 0.05) is 17.4 Å². The molecule has 2 nitrogen and oxygen atoms in total. The normalized spacial score (nSPS) is 12.4. The van der Waals surface area contributed by atoms with Crippen molar-refractivity contribution in [2.45, 2.75) is 33.2 Å². The molecule has 1 unspecified atom stereocenters. The maximum Gasteiger partial charge on any atom is 0.0423 e. The van der Waals surface area contributed by atoms with Gasteiger partial charge in [0.15, 0.2) is 0 Å². The summed E-state index contributed by atoms with van der Waals surface area (Å²) in [6.45, 7) is 6.29. The molecule has 0 saturated carbocycles. The number of rotatable bonds is 4. The quantitative estimate of drug-likeness (QED) is 0.903. The lowest BCUT2D eigenvalue weighted by Gasteiger charge is -2.19. The number of benzene rings is 1. The largest absolute Gasteiger partial charge is 0.313 e. The average molecular weight is 254 g/mol. The number of aromatic nitrogens is 1. The Hall–Kier alpha value is -1.67. The van der Waals surface area contributed by atoms with Crippen LogP contribution in [0.5, 0.6) is 0 Å². The van der Waals surface area contributed by atoms with Crippen LogP contribution in [0.15, 0.2) is 36.4 Å². The van der Waals surface area contributed by atoms with Gasteiger partial charge in [-0.3, -0.25) is 4.98 Å². The molecule has 1 aromatic heterocycles. The van der Waals surface area contributed by atoms with E-state index in [-0.39, 0.29) is 0 Å². The van der Waals surface area contributed by atoms with Gasteiger partial charge in [-0.15, -0.1) is 0 Å². The Kier molecular flexibility index (Phi) is 4.33. The lowest BCUT2D eigenvalue weighted by atomic mass is 9.95. The van der Waals surface area contributed by atoms with Gasteiger partial charge >= 0.3 is 0 Å². The molecule has 0 saturated heterocycles. The first-order valence-electron chi connectivity index (χ1n) is 6.77. The van der Waals surface area contributed by atoms with Crippen molar-refractivity contribution >= 4 is 0 Å². The summed E-state index contributed by atoms with van der Waals surface area (Å²) >= 11 is 0. The van der Waals surface area contributed by atoms with Gasteiger partial charge in [-0.05, 0) is 57.0 Å². The van der Waals surface area contributed by atoms with E-state index >= 15 is 0 Å². The van der Waals surface area contributed by atoms with Crippen LogP contribution in [-0.2, 0) is 6.42 Å². The first kappa shape index (κ1) is 13.8. The standard InChI is InChI=1S/C17H22N2/c1-12-7-5-6-8-15(12)11-17(18-4)16-10-9-13(2)19-14(16)3/h5-10,17-18H,11H2,1-4H3. The van der Waals surface area contributed by atoms with Gasteiger partial charge in [0.2, 0.25) is 0 Å². The van der Waals surface area contributed by atoms with Gasteiger partial charge in [0.25, 0.3) is 0 Å². The van der Waals surface area contributed by atoms with Crippen LogP contribution in [0.4, 0.5) is 0 Å². The third-order valence-electron chi connectivity index (χ3n) is 3.68. The van der Waals surface area contributed by atoms with Gasteiger partial charge in [-0.1, -0.05) is 30.3 Å². The molecule has 0 spiro atoms. The van der Waals surface area contributed by atoms with E-state index in [1.807, 2.05) is 14.0 Å². The molecule has 0 aliphatic carbocycles. The fraction of sp³-hybridized carbons (Fsp3) is 0.353. The van der Waals surface area contributed by atoms with Crippen molar-refractivity contribution in [3.8, 4) is 0 Å². The fourth-order valence-corrected chi connectivity index (χ4v) is 2.49. The molecule has 0 fully saturated rings. The molecule has 1 aromatic carbocycles. The minimum absolute atomic E-state index is 0.314. The molecule has 1 N–H and O–H groups in total. The summed E-state index contributed by atoms with van der Waals surface area (Å²) in [4.78, 5) is 4.57. The number of aryl methyl sites for hydroxylation is 3. The first-order chi connectivity index (χ1) is 9.11. The Balaban J connectivity index is 2.28. The Morgan fingerprint density at radius 2 is 1.79 bits per heavy atom. The van der Waals surface area contributed by atoms with E-state index in [1.54, 1.807) is 0 Å². The minimum atomic E-state index is 0.314. The van der Waals surface area contributed by atoms with Crippen LogP contribution in [-0.4, -0.2) is 12.0 Å². The second-order valence-corrected chi connectivity index (χ2v) is 5.10. The second-order valence-electron chi connectivity index (χ2n) is 5.10.